The predicted molar refractivity (Wildman–Crippen MR) is 153 cm³/mol. The summed E-state index contributed by atoms with van der Waals surface area (Å²) in [5.41, 5.74) is 3.50. The number of nitrogens with one attached hydrogen (secondary N) is 1. The topological polar surface area (TPSA) is 98.6 Å². The van der Waals surface area contributed by atoms with Crippen molar-refractivity contribution in [1.82, 2.24) is 20.3 Å². The van der Waals surface area contributed by atoms with E-state index in [1.54, 1.807) is 42.0 Å². The minimum Gasteiger partial charge on any atom is -0.497 e. The fourth-order valence-corrected chi connectivity index (χ4v) is 5.46. The lowest BCUT2D eigenvalue weighted by atomic mass is 9.94. The van der Waals surface area contributed by atoms with Crippen LogP contribution in [0.1, 0.15) is 49.3 Å². The molecule has 1 heterocycles. The zero-order valence-corrected chi connectivity index (χ0v) is 23.2. The third kappa shape index (κ3) is 5.64. The zero-order valence-electron chi connectivity index (χ0n) is 23.2. The maximum absolute atomic E-state index is 14.3. The summed E-state index contributed by atoms with van der Waals surface area (Å²) in [6.07, 6.45) is 5.15. The highest BCUT2D eigenvalue weighted by Crippen LogP contribution is 2.37. The summed E-state index contributed by atoms with van der Waals surface area (Å²) in [5, 5.41) is 11.7. The first kappa shape index (κ1) is 27.2. The Bertz CT molecular complexity index is 1490. The number of carbonyl (C=O) groups excluding carboxylic acids is 2. The molecule has 1 atom stereocenters. The summed E-state index contributed by atoms with van der Waals surface area (Å²) in [4.78, 5) is 30.2. The smallest absolute Gasteiger partial charge is 0.249 e. The summed E-state index contributed by atoms with van der Waals surface area (Å²) in [5.74, 6) is 0.498. The fraction of sp³-hybridized carbons (Fsp3) is 0.355. The molecule has 0 radical (unpaired) electrons. The van der Waals surface area contributed by atoms with E-state index in [1.165, 1.54) is 6.42 Å². The first-order valence-corrected chi connectivity index (χ1v) is 13.7. The summed E-state index contributed by atoms with van der Waals surface area (Å²) < 4.78 is 12.7. The minimum atomic E-state index is -0.994. The Kier molecular flexibility index (Phi) is 8.28. The van der Waals surface area contributed by atoms with Gasteiger partial charge in [-0.3, -0.25) is 14.5 Å². The van der Waals surface area contributed by atoms with Crippen LogP contribution in [0.15, 0.2) is 66.7 Å². The van der Waals surface area contributed by atoms with Crippen LogP contribution in [0.3, 0.4) is 0 Å². The van der Waals surface area contributed by atoms with Gasteiger partial charge in [-0.1, -0.05) is 54.8 Å². The van der Waals surface area contributed by atoms with Crippen LogP contribution in [0.4, 0.5) is 5.69 Å². The third-order valence-corrected chi connectivity index (χ3v) is 7.54. The van der Waals surface area contributed by atoms with E-state index < -0.39 is 6.04 Å². The Morgan fingerprint density at radius 2 is 1.75 bits per heavy atom. The summed E-state index contributed by atoms with van der Waals surface area (Å²) >= 11 is 0. The average molecular weight is 542 g/mol. The highest BCUT2D eigenvalue weighted by atomic mass is 16.5. The number of aromatic nitrogens is 3. The molecule has 1 aliphatic rings. The van der Waals surface area contributed by atoms with Gasteiger partial charge in [-0.15, -0.1) is 5.10 Å². The second-order valence-corrected chi connectivity index (χ2v) is 10.1. The molecule has 40 heavy (non-hydrogen) atoms. The van der Waals surface area contributed by atoms with Crippen molar-refractivity contribution in [2.45, 2.75) is 57.7 Å². The van der Waals surface area contributed by atoms with Gasteiger partial charge in [-0.2, -0.15) is 0 Å². The molecule has 2 amide bonds. The van der Waals surface area contributed by atoms with Crippen LogP contribution in [0.2, 0.25) is 0 Å². The maximum atomic E-state index is 14.3. The number of nitrogens with zero attached hydrogens (tertiary/aromatic N) is 4. The number of anilines is 1. The highest BCUT2D eigenvalue weighted by Gasteiger charge is 2.37. The zero-order chi connectivity index (χ0) is 28.1. The van der Waals surface area contributed by atoms with Crippen LogP contribution in [-0.4, -0.2) is 47.1 Å². The van der Waals surface area contributed by atoms with E-state index >= 15 is 0 Å². The molecule has 1 aliphatic carbocycles. The summed E-state index contributed by atoms with van der Waals surface area (Å²) in [6.45, 7) is 1.84. The first-order chi connectivity index (χ1) is 19.5. The Balaban J connectivity index is 1.62. The van der Waals surface area contributed by atoms with Crippen molar-refractivity contribution in [3.05, 3.63) is 77.9 Å². The van der Waals surface area contributed by atoms with Gasteiger partial charge in [0.05, 0.1) is 19.7 Å². The second-order valence-electron chi connectivity index (χ2n) is 10.1. The first-order valence-electron chi connectivity index (χ1n) is 13.7. The monoisotopic (exact) mass is 541 g/mol. The number of fused-ring (bicyclic) bond motifs is 1. The molecule has 3 aromatic carbocycles. The van der Waals surface area contributed by atoms with Crippen LogP contribution in [0.5, 0.6) is 11.5 Å². The molecule has 0 saturated heterocycles. The third-order valence-electron chi connectivity index (χ3n) is 7.54. The molecule has 1 saturated carbocycles. The Morgan fingerprint density at radius 3 is 2.50 bits per heavy atom. The van der Waals surface area contributed by atoms with Crippen molar-refractivity contribution in [3.63, 3.8) is 0 Å². The molecule has 1 unspecified atom stereocenters. The lowest BCUT2D eigenvalue weighted by Crippen LogP contribution is -2.48. The van der Waals surface area contributed by atoms with E-state index in [1.807, 2.05) is 55.5 Å². The van der Waals surface area contributed by atoms with Gasteiger partial charge in [-0.25, -0.2) is 4.68 Å². The molecule has 0 aliphatic heterocycles. The SMILES string of the molecule is COc1ccc(C(C(=O)NC2CCCCC2)N(C(=O)Cn2nnc3ccccc32)c2ccccc2C)c(OC)c1. The molecule has 1 aromatic heterocycles. The Labute approximate surface area is 234 Å². The number of ether oxygens (including phenoxy) is 2. The molecule has 4 aromatic rings. The number of rotatable bonds is 9. The lowest BCUT2D eigenvalue weighted by molar-refractivity contribution is -0.127. The molecule has 1 N–H and O–H groups in total. The van der Waals surface area contributed by atoms with Crippen LogP contribution >= 0.6 is 0 Å². The van der Waals surface area contributed by atoms with E-state index in [4.69, 9.17) is 9.47 Å². The molecular formula is C31H35N5O4. The number of aryl methyl sites for hydroxylation is 1. The van der Waals surface area contributed by atoms with Crippen molar-refractivity contribution in [2.75, 3.05) is 19.1 Å². The van der Waals surface area contributed by atoms with Gasteiger partial charge in [0.15, 0.2) is 0 Å². The van der Waals surface area contributed by atoms with Crippen LogP contribution in [0.25, 0.3) is 11.0 Å². The largest absolute Gasteiger partial charge is 0.497 e. The normalized spacial score (nSPS) is 14.5. The Hall–Kier alpha value is -4.40. The van der Waals surface area contributed by atoms with Gasteiger partial charge in [0, 0.05) is 23.4 Å². The number of hydrogen-bond acceptors (Lipinski definition) is 6. The van der Waals surface area contributed by atoms with Crippen molar-refractivity contribution in [2.24, 2.45) is 0 Å². The quantitative estimate of drug-likeness (QED) is 0.321. The van der Waals surface area contributed by atoms with Gasteiger partial charge in [0.1, 0.15) is 29.6 Å². The minimum absolute atomic E-state index is 0.0566. The van der Waals surface area contributed by atoms with Gasteiger partial charge in [0.25, 0.3) is 0 Å². The van der Waals surface area contributed by atoms with Gasteiger partial charge >= 0.3 is 0 Å². The molecule has 9 heteroatoms. The van der Waals surface area contributed by atoms with E-state index in [9.17, 15) is 9.59 Å². The molecule has 0 spiro atoms. The van der Waals surface area contributed by atoms with E-state index in [-0.39, 0.29) is 24.4 Å². The van der Waals surface area contributed by atoms with E-state index in [0.717, 1.165) is 36.8 Å². The highest BCUT2D eigenvalue weighted by molar-refractivity contribution is 6.02. The van der Waals surface area contributed by atoms with Crippen LogP contribution in [-0.2, 0) is 16.1 Å². The maximum Gasteiger partial charge on any atom is 0.249 e. The fourth-order valence-electron chi connectivity index (χ4n) is 5.46. The molecule has 9 nitrogen and oxygen atoms in total. The standard InChI is InChI=1S/C31H35N5O4/c1-21-11-7-9-15-26(21)36(29(37)20-35-27-16-10-8-14-25(27)33-34-35)30(31(38)32-22-12-5-4-6-13-22)24-18-17-23(39-2)19-28(24)40-3/h7-11,14-19,22,30H,4-6,12-13,20H2,1-3H3,(H,32,38). The molecule has 208 valence electrons. The van der Waals surface area contributed by atoms with Crippen molar-refractivity contribution >= 4 is 28.5 Å². The number of methoxy groups -OCH3 is 2. The second kappa shape index (κ2) is 12.2. The van der Waals surface area contributed by atoms with Crippen molar-refractivity contribution in [1.29, 1.82) is 0 Å². The number of amides is 2. The average Bonchev–Trinajstić information content (AvgIpc) is 3.39. The van der Waals surface area contributed by atoms with Crippen molar-refractivity contribution in [3.8, 4) is 11.5 Å². The lowest BCUT2D eigenvalue weighted by Gasteiger charge is -2.35. The van der Waals surface area contributed by atoms with Crippen LogP contribution < -0.4 is 19.7 Å². The van der Waals surface area contributed by atoms with Crippen molar-refractivity contribution < 1.29 is 19.1 Å². The molecule has 5 rings (SSSR count). The van der Waals surface area contributed by atoms with Crippen LogP contribution in [0, 0.1) is 6.92 Å². The summed E-state index contributed by atoms with van der Waals surface area (Å²) in [6, 6.07) is 19.5. The number of para-hydroxylation sites is 2. The van der Waals surface area contributed by atoms with Gasteiger partial charge in [0.2, 0.25) is 11.8 Å². The molecule has 1 fully saturated rings. The predicted octanol–water partition coefficient (Wildman–Crippen LogP) is 4.98. The van der Waals surface area contributed by atoms with E-state index in [2.05, 4.69) is 15.6 Å². The Morgan fingerprint density at radius 1 is 1.00 bits per heavy atom. The molecular weight excluding hydrogens is 506 g/mol. The number of benzene rings is 3. The van der Waals surface area contributed by atoms with E-state index in [0.29, 0.717) is 28.3 Å². The van der Waals surface area contributed by atoms with Gasteiger partial charge < -0.3 is 14.8 Å². The molecule has 0 bridgehead atoms. The summed E-state index contributed by atoms with van der Waals surface area (Å²) in [7, 11) is 3.13. The van der Waals surface area contributed by atoms with Gasteiger partial charge in [-0.05, 0) is 55.7 Å². The number of hydrogen-bond donors (Lipinski definition) is 1. The number of carbonyl (C=O) groups is 2.